The monoisotopic (exact) mass is 297 g/mol. The zero-order valence-corrected chi connectivity index (χ0v) is 12.3. The van der Waals surface area contributed by atoms with Gasteiger partial charge in [-0.25, -0.2) is 0 Å². The van der Waals surface area contributed by atoms with Crippen LogP contribution in [0.5, 0.6) is 11.5 Å². The van der Waals surface area contributed by atoms with Crippen LogP contribution in [0.2, 0.25) is 5.02 Å². The molecule has 0 aliphatic carbocycles. The van der Waals surface area contributed by atoms with Crippen molar-refractivity contribution < 1.29 is 4.74 Å². The van der Waals surface area contributed by atoms with Crippen molar-refractivity contribution in [1.29, 1.82) is 0 Å². The first kappa shape index (κ1) is 13.8. The highest BCUT2D eigenvalue weighted by Gasteiger charge is 2.02. The van der Waals surface area contributed by atoms with Crippen molar-refractivity contribution in [2.75, 3.05) is 6.54 Å². The highest BCUT2D eigenvalue weighted by molar-refractivity contribution is 6.30. The van der Waals surface area contributed by atoms with Gasteiger partial charge in [-0.1, -0.05) is 35.9 Å². The molecular weight excluding hydrogens is 282 g/mol. The second-order valence-corrected chi connectivity index (χ2v) is 5.34. The molecule has 2 nitrogen and oxygen atoms in total. The zero-order chi connectivity index (χ0) is 14.5. The minimum absolute atomic E-state index is 0.710. The Kier molecular flexibility index (Phi) is 4.27. The fourth-order valence-electron chi connectivity index (χ4n) is 2.16. The highest BCUT2D eigenvalue weighted by Crippen LogP contribution is 2.23. The van der Waals surface area contributed by atoms with E-state index in [1.165, 1.54) is 5.56 Å². The Morgan fingerprint density at radius 1 is 0.905 bits per heavy atom. The predicted octanol–water partition coefficient (Wildman–Crippen LogP) is 5.02. The van der Waals surface area contributed by atoms with Crippen LogP contribution in [-0.4, -0.2) is 11.4 Å². The van der Waals surface area contributed by atoms with Crippen LogP contribution in [0.3, 0.4) is 0 Å². The summed E-state index contributed by atoms with van der Waals surface area (Å²) in [6, 6.07) is 15.5. The Hall–Kier alpha value is -2.19. The summed E-state index contributed by atoms with van der Waals surface area (Å²) in [6.45, 7) is 1.86. The SMILES string of the molecule is Clc1ccc(Oc2ccc(CN3C=CC=CC3)cc2)cc1. The van der Waals surface area contributed by atoms with Crippen LogP contribution in [-0.2, 0) is 6.54 Å². The molecule has 21 heavy (non-hydrogen) atoms. The maximum absolute atomic E-state index is 5.86. The van der Waals surface area contributed by atoms with Crippen molar-refractivity contribution in [3.05, 3.63) is 83.5 Å². The lowest BCUT2D eigenvalue weighted by Gasteiger charge is -2.20. The molecule has 0 N–H and O–H groups in total. The fraction of sp³-hybridized carbons (Fsp3) is 0.111. The van der Waals surface area contributed by atoms with Gasteiger partial charge in [-0.3, -0.25) is 0 Å². The number of hydrogen-bond donors (Lipinski definition) is 0. The van der Waals surface area contributed by atoms with Crippen LogP contribution in [0.1, 0.15) is 5.56 Å². The molecule has 0 bridgehead atoms. The largest absolute Gasteiger partial charge is 0.457 e. The molecule has 0 amide bonds. The minimum atomic E-state index is 0.710. The van der Waals surface area contributed by atoms with Crippen molar-refractivity contribution in [1.82, 2.24) is 4.90 Å². The van der Waals surface area contributed by atoms with E-state index >= 15 is 0 Å². The van der Waals surface area contributed by atoms with Gasteiger partial charge >= 0.3 is 0 Å². The molecule has 2 aromatic carbocycles. The number of ether oxygens (including phenoxy) is 1. The lowest BCUT2D eigenvalue weighted by molar-refractivity contribution is 0.405. The van der Waals surface area contributed by atoms with E-state index in [4.69, 9.17) is 16.3 Å². The standard InChI is InChI=1S/C18H16ClNO/c19-16-6-10-18(11-7-16)21-17-8-4-15(5-9-17)14-20-12-2-1-3-13-20/h1-12H,13-14H2. The average Bonchev–Trinajstić information content (AvgIpc) is 2.53. The summed E-state index contributed by atoms with van der Waals surface area (Å²) in [5.74, 6) is 1.62. The van der Waals surface area contributed by atoms with Crippen LogP contribution < -0.4 is 4.74 Å². The van der Waals surface area contributed by atoms with Gasteiger partial charge in [-0.05, 0) is 54.2 Å². The Balaban J connectivity index is 1.62. The molecule has 0 saturated carbocycles. The summed E-state index contributed by atoms with van der Waals surface area (Å²) in [4.78, 5) is 2.26. The Morgan fingerprint density at radius 3 is 2.19 bits per heavy atom. The van der Waals surface area contributed by atoms with Crippen molar-refractivity contribution in [3.63, 3.8) is 0 Å². The van der Waals surface area contributed by atoms with Gasteiger partial charge in [-0.2, -0.15) is 0 Å². The number of allylic oxidation sites excluding steroid dienone is 2. The van der Waals surface area contributed by atoms with Gasteiger partial charge in [0.2, 0.25) is 0 Å². The molecule has 0 radical (unpaired) electrons. The number of rotatable bonds is 4. The number of halogens is 1. The third kappa shape index (κ3) is 3.89. The van der Waals surface area contributed by atoms with Gasteiger partial charge in [0.1, 0.15) is 11.5 Å². The minimum Gasteiger partial charge on any atom is -0.457 e. The van der Waals surface area contributed by atoms with Crippen molar-refractivity contribution in [2.24, 2.45) is 0 Å². The molecule has 3 heteroatoms. The summed E-state index contributed by atoms with van der Waals surface area (Å²) in [5, 5.41) is 0.710. The van der Waals surface area contributed by atoms with Crippen LogP contribution >= 0.6 is 11.6 Å². The Labute approximate surface area is 129 Å². The number of nitrogens with zero attached hydrogens (tertiary/aromatic N) is 1. The first-order chi connectivity index (χ1) is 10.3. The van der Waals surface area contributed by atoms with Crippen molar-refractivity contribution >= 4 is 11.6 Å². The quantitative estimate of drug-likeness (QED) is 0.786. The molecule has 1 heterocycles. The van der Waals surface area contributed by atoms with E-state index in [1.807, 2.05) is 36.4 Å². The summed E-state index contributed by atoms with van der Waals surface area (Å²) < 4.78 is 5.78. The molecule has 0 atom stereocenters. The molecule has 1 aliphatic heterocycles. The summed E-state index contributed by atoms with van der Waals surface area (Å²) >= 11 is 5.86. The predicted molar refractivity (Wildman–Crippen MR) is 86.7 cm³/mol. The van der Waals surface area contributed by atoms with E-state index in [1.54, 1.807) is 0 Å². The van der Waals surface area contributed by atoms with E-state index in [2.05, 4.69) is 41.5 Å². The smallest absolute Gasteiger partial charge is 0.127 e. The van der Waals surface area contributed by atoms with Gasteiger partial charge in [0.25, 0.3) is 0 Å². The van der Waals surface area contributed by atoms with Crippen molar-refractivity contribution in [3.8, 4) is 11.5 Å². The van der Waals surface area contributed by atoms with E-state index in [-0.39, 0.29) is 0 Å². The van der Waals surface area contributed by atoms with E-state index in [0.29, 0.717) is 5.02 Å². The second-order valence-electron chi connectivity index (χ2n) is 4.90. The topological polar surface area (TPSA) is 12.5 Å². The maximum Gasteiger partial charge on any atom is 0.127 e. The molecule has 0 spiro atoms. The second kappa shape index (κ2) is 6.51. The third-order valence-corrected chi connectivity index (χ3v) is 3.49. The Morgan fingerprint density at radius 2 is 1.57 bits per heavy atom. The van der Waals surface area contributed by atoms with Crippen molar-refractivity contribution in [2.45, 2.75) is 6.54 Å². The average molecular weight is 298 g/mol. The van der Waals surface area contributed by atoms with E-state index in [9.17, 15) is 0 Å². The molecule has 1 aliphatic rings. The first-order valence-electron chi connectivity index (χ1n) is 6.89. The number of benzene rings is 2. The molecule has 2 aromatic rings. The van der Waals surface area contributed by atoms with E-state index < -0.39 is 0 Å². The molecule has 3 rings (SSSR count). The molecule has 0 saturated heterocycles. The van der Waals surface area contributed by atoms with Gasteiger partial charge in [0.15, 0.2) is 0 Å². The molecular formula is C18H16ClNO. The lowest BCUT2D eigenvalue weighted by atomic mass is 10.2. The fourth-order valence-corrected chi connectivity index (χ4v) is 2.29. The van der Waals surface area contributed by atoms with Crippen LogP contribution in [0.15, 0.2) is 73.0 Å². The normalized spacial score (nSPS) is 13.5. The zero-order valence-electron chi connectivity index (χ0n) is 11.6. The number of hydrogen-bond acceptors (Lipinski definition) is 2. The Bertz CT molecular complexity index is 644. The van der Waals surface area contributed by atoms with Gasteiger partial charge in [-0.15, -0.1) is 0 Å². The summed E-state index contributed by atoms with van der Waals surface area (Å²) in [6.07, 6.45) is 8.39. The van der Waals surface area contributed by atoms with Crippen LogP contribution in [0.25, 0.3) is 0 Å². The molecule has 0 unspecified atom stereocenters. The third-order valence-electron chi connectivity index (χ3n) is 3.24. The summed E-state index contributed by atoms with van der Waals surface area (Å²) in [5.41, 5.74) is 1.26. The van der Waals surface area contributed by atoms with Gasteiger partial charge in [0, 0.05) is 18.1 Å². The first-order valence-corrected chi connectivity index (χ1v) is 7.27. The molecule has 0 aromatic heterocycles. The van der Waals surface area contributed by atoms with Crippen LogP contribution in [0, 0.1) is 0 Å². The highest BCUT2D eigenvalue weighted by atomic mass is 35.5. The maximum atomic E-state index is 5.86. The van der Waals surface area contributed by atoms with Crippen LogP contribution in [0.4, 0.5) is 0 Å². The van der Waals surface area contributed by atoms with Gasteiger partial charge < -0.3 is 9.64 Å². The molecule has 106 valence electrons. The van der Waals surface area contributed by atoms with Gasteiger partial charge in [0.05, 0.1) is 0 Å². The summed E-state index contributed by atoms with van der Waals surface area (Å²) in [7, 11) is 0. The molecule has 0 fully saturated rings. The lowest BCUT2D eigenvalue weighted by Crippen LogP contribution is -2.17. The van der Waals surface area contributed by atoms with E-state index in [0.717, 1.165) is 24.6 Å².